The molecule has 0 radical (unpaired) electrons. The van der Waals surface area contributed by atoms with E-state index in [1.165, 1.54) is 12.1 Å². The lowest BCUT2D eigenvalue weighted by Gasteiger charge is -2.46. The third-order valence-electron chi connectivity index (χ3n) is 6.67. The van der Waals surface area contributed by atoms with E-state index in [9.17, 15) is 13.9 Å². The molecular formula is C19H29B3F2O5. The summed E-state index contributed by atoms with van der Waals surface area (Å²) < 4.78 is 50.1. The lowest BCUT2D eigenvalue weighted by molar-refractivity contribution is -0.0966. The summed E-state index contributed by atoms with van der Waals surface area (Å²) in [7, 11) is 0.915. The molecule has 2 aliphatic heterocycles. The number of benzene rings is 1. The van der Waals surface area contributed by atoms with Crippen LogP contribution in [0, 0.1) is 0 Å². The topological polar surface area (TPSA) is 57.2 Å². The van der Waals surface area contributed by atoms with E-state index in [0.29, 0.717) is 11.9 Å². The molecule has 2 aliphatic rings. The number of halogens is 2. The molecule has 0 spiro atoms. The molecule has 0 bridgehead atoms. The minimum atomic E-state index is -2.83. The Balaban J connectivity index is 1.81. The molecule has 1 N–H and O–H groups in total. The van der Waals surface area contributed by atoms with Crippen molar-refractivity contribution in [3.8, 4) is 0 Å². The minimum Gasteiger partial charge on any atom is -0.410 e. The molecule has 10 heteroatoms. The van der Waals surface area contributed by atoms with Crippen molar-refractivity contribution in [2.45, 2.75) is 82.9 Å². The summed E-state index contributed by atoms with van der Waals surface area (Å²) in [6.45, 7) is 12.0. The van der Waals surface area contributed by atoms with E-state index in [4.69, 9.17) is 18.6 Å². The van der Waals surface area contributed by atoms with Gasteiger partial charge in [-0.15, -0.1) is 0 Å². The molecule has 0 aliphatic carbocycles. The summed E-state index contributed by atoms with van der Waals surface area (Å²) in [5.41, 5.74) is -1.54. The first-order valence-electron chi connectivity index (χ1n) is 9.97. The Morgan fingerprint density at radius 3 is 1.90 bits per heavy atom. The summed E-state index contributed by atoms with van der Waals surface area (Å²) in [6, 6.07) is 6.25. The van der Waals surface area contributed by atoms with Crippen LogP contribution in [0.2, 0.25) is 0 Å². The van der Waals surface area contributed by atoms with Gasteiger partial charge in [-0.25, -0.2) is 8.78 Å². The zero-order valence-electron chi connectivity index (χ0n) is 18.2. The van der Waals surface area contributed by atoms with Gasteiger partial charge in [-0.1, -0.05) is 24.3 Å². The van der Waals surface area contributed by atoms with Gasteiger partial charge < -0.3 is 23.7 Å². The predicted octanol–water partition coefficient (Wildman–Crippen LogP) is 1.86. The average molecular weight is 408 g/mol. The van der Waals surface area contributed by atoms with Crippen molar-refractivity contribution in [2.24, 2.45) is 0 Å². The molecule has 1 aromatic rings. The summed E-state index contributed by atoms with van der Waals surface area (Å²) in [5, 5.41) is 9.54. The zero-order valence-corrected chi connectivity index (χ0v) is 18.2. The predicted molar refractivity (Wildman–Crippen MR) is 111 cm³/mol. The molecule has 2 heterocycles. The van der Waals surface area contributed by atoms with Crippen LogP contribution in [0.3, 0.4) is 0 Å². The van der Waals surface area contributed by atoms with Gasteiger partial charge in [0.15, 0.2) is 7.74 Å². The zero-order chi connectivity index (χ0) is 21.8. The fourth-order valence-corrected chi connectivity index (χ4v) is 4.15. The van der Waals surface area contributed by atoms with Gasteiger partial charge in [0.25, 0.3) is 6.43 Å². The van der Waals surface area contributed by atoms with Crippen molar-refractivity contribution in [3.63, 3.8) is 0 Å². The van der Waals surface area contributed by atoms with Crippen LogP contribution >= 0.6 is 0 Å². The van der Waals surface area contributed by atoms with E-state index in [-0.39, 0.29) is 12.6 Å². The van der Waals surface area contributed by atoms with Crippen molar-refractivity contribution in [2.75, 3.05) is 0 Å². The van der Waals surface area contributed by atoms with Gasteiger partial charge in [-0.2, -0.15) is 0 Å². The van der Waals surface area contributed by atoms with Crippen LogP contribution < -0.4 is 5.46 Å². The summed E-state index contributed by atoms with van der Waals surface area (Å²) in [4.78, 5) is 0. The number of rotatable bonds is 5. The maximum absolute atomic E-state index is 12.7. The van der Waals surface area contributed by atoms with Crippen LogP contribution in [-0.4, -0.2) is 55.8 Å². The van der Waals surface area contributed by atoms with Gasteiger partial charge in [0.1, 0.15) is 6.10 Å². The maximum Gasteiger partial charge on any atom is 0.494 e. The molecule has 3 rings (SSSR count). The molecule has 158 valence electrons. The molecule has 2 fully saturated rings. The van der Waals surface area contributed by atoms with Crippen LogP contribution in [0.4, 0.5) is 8.78 Å². The standard InChI is InChI=1S/C19H29B3F2O5/c1-16(2)18(5,11-19(6)17(3,4)27-22(20)29-19)28-21(26-16)13-9-7-12(8-10-13)14(25)15(23)24/h7-10,14-15,25H,11,20H2,1-6H3. The Morgan fingerprint density at radius 2 is 1.41 bits per heavy atom. The number of hydrogen-bond acceptors (Lipinski definition) is 5. The summed E-state index contributed by atoms with van der Waals surface area (Å²) >= 11 is 0. The largest absolute Gasteiger partial charge is 0.494 e. The Morgan fingerprint density at radius 1 is 0.897 bits per heavy atom. The number of aliphatic hydroxyl groups is 1. The van der Waals surface area contributed by atoms with Crippen LogP contribution in [0.1, 0.15) is 59.6 Å². The van der Waals surface area contributed by atoms with Gasteiger partial charge in [0.05, 0.1) is 22.4 Å². The maximum atomic E-state index is 12.7. The van der Waals surface area contributed by atoms with E-state index in [0.717, 1.165) is 0 Å². The quantitative estimate of drug-likeness (QED) is 0.755. The van der Waals surface area contributed by atoms with Crippen molar-refractivity contribution >= 4 is 27.3 Å². The molecule has 3 unspecified atom stereocenters. The van der Waals surface area contributed by atoms with Gasteiger partial charge in [-0.05, 0) is 52.6 Å². The van der Waals surface area contributed by atoms with Crippen LogP contribution in [0.15, 0.2) is 24.3 Å². The number of hydrogen-bond donors (Lipinski definition) is 1. The first-order valence-corrected chi connectivity index (χ1v) is 9.97. The molecule has 3 atom stereocenters. The molecule has 0 amide bonds. The Bertz CT molecular complexity index is 748. The highest BCUT2D eigenvalue weighted by Gasteiger charge is 2.61. The Kier molecular flexibility index (Phi) is 5.76. The Hall–Kier alpha value is -0.925. The van der Waals surface area contributed by atoms with Crippen LogP contribution in [0.5, 0.6) is 0 Å². The first-order chi connectivity index (χ1) is 13.2. The highest BCUT2D eigenvalue weighted by atomic mass is 19.3. The molecule has 5 nitrogen and oxygen atoms in total. The van der Waals surface area contributed by atoms with Gasteiger partial charge in [0, 0.05) is 6.42 Å². The van der Waals surface area contributed by atoms with E-state index < -0.39 is 42.1 Å². The van der Waals surface area contributed by atoms with E-state index >= 15 is 0 Å². The van der Waals surface area contributed by atoms with Crippen LogP contribution in [0.25, 0.3) is 0 Å². The monoisotopic (exact) mass is 408 g/mol. The van der Waals surface area contributed by atoms with Crippen molar-refractivity contribution < 1.29 is 32.5 Å². The van der Waals surface area contributed by atoms with Crippen molar-refractivity contribution in [1.29, 1.82) is 0 Å². The van der Waals surface area contributed by atoms with E-state index in [2.05, 4.69) is 0 Å². The fourth-order valence-electron chi connectivity index (χ4n) is 4.15. The smallest absolute Gasteiger partial charge is 0.410 e. The van der Waals surface area contributed by atoms with Crippen LogP contribution in [-0.2, 0) is 18.6 Å². The summed E-state index contributed by atoms with van der Waals surface area (Å²) in [5.74, 6) is 0. The van der Waals surface area contributed by atoms with Gasteiger partial charge in [-0.3, -0.25) is 0 Å². The number of aliphatic hydroxyl groups excluding tert-OH is 1. The highest BCUT2D eigenvalue weighted by molar-refractivity contribution is 6.95. The third-order valence-corrected chi connectivity index (χ3v) is 6.67. The average Bonchev–Trinajstić information content (AvgIpc) is 2.93. The SMILES string of the molecule is BB1OC(C)(C)C(C)(CC2(C)OB(c3ccc(C(O)C(F)F)cc3)OC2(C)C)O1. The van der Waals surface area contributed by atoms with Gasteiger partial charge in [0.2, 0.25) is 0 Å². The lowest BCUT2D eigenvalue weighted by atomic mass is 9.63. The highest BCUT2D eigenvalue weighted by Crippen LogP contribution is 2.48. The number of alkyl halides is 2. The second-order valence-electron chi connectivity index (χ2n) is 9.48. The molecule has 0 saturated carbocycles. The second-order valence-corrected chi connectivity index (χ2v) is 9.48. The Labute approximate surface area is 173 Å². The normalized spacial score (nSPS) is 32.2. The van der Waals surface area contributed by atoms with E-state index in [1.54, 1.807) is 12.1 Å². The van der Waals surface area contributed by atoms with Gasteiger partial charge >= 0.3 is 14.1 Å². The van der Waals surface area contributed by atoms with E-state index in [1.807, 2.05) is 49.3 Å². The second kappa shape index (κ2) is 7.34. The molecule has 29 heavy (non-hydrogen) atoms. The van der Waals surface area contributed by atoms with Crippen molar-refractivity contribution in [1.82, 2.24) is 0 Å². The summed E-state index contributed by atoms with van der Waals surface area (Å²) in [6.07, 6.45) is -4.09. The lowest BCUT2D eigenvalue weighted by Crippen LogP contribution is -2.55. The van der Waals surface area contributed by atoms with Crippen molar-refractivity contribution in [3.05, 3.63) is 29.8 Å². The minimum absolute atomic E-state index is 0.156. The fraction of sp³-hybridized carbons (Fsp3) is 0.684. The molecule has 1 aromatic carbocycles. The molecule has 2 saturated heterocycles. The molecular weight excluding hydrogens is 379 g/mol. The third kappa shape index (κ3) is 4.02. The molecule has 0 aromatic heterocycles. The first kappa shape index (κ1) is 22.8.